The van der Waals surface area contributed by atoms with Gasteiger partial charge >= 0.3 is 47.8 Å². The van der Waals surface area contributed by atoms with Gasteiger partial charge in [-0.2, -0.15) is 0 Å². The minimum atomic E-state index is -1.75. The van der Waals surface area contributed by atoms with Gasteiger partial charge in [-0.1, -0.05) is 137 Å². The third kappa shape index (κ3) is 50.7. The number of ether oxygens (including phenoxy) is 15. The van der Waals surface area contributed by atoms with Crippen molar-refractivity contribution in [3.63, 3.8) is 0 Å². The van der Waals surface area contributed by atoms with Crippen LogP contribution in [0.5, 0.6) is 0 Å². The molecule has 6 heterocycles. The van der Waals surface area contributed by atoms with Gasteiger partial charge < -0.3 is 96.6 Å². The number of rotatable bonds is 50. The molecular formula is C102H165N9O28Si3. The van der Waals surface area contributed by atoms with Crippen molar-refractivity contribution >= 4 is 72.0 Å². The topological polar surface area (TPSA) is 486 Å². The normalized spacial score (nSPS) is 23.8. The molecule has 20 atom stereocenters. The molecule has 6 rings (SSSR count). The van der Waals surface area contributed by atoms with E-state index in [1.165, 1.54) is 106 Å². The molecule has 142 heavy (non-hydrogen) atoms. The van der Waals surface area contributed by atoms with Crippen molar-refractivity contribution in [2.24, 2.45) is 28.8 Å². The van der Waals surface area contributed by atoms with Crippen molar-refractivity contribution < 1.29 is 135 Å². The van der Waals surface area contributed by atoms with E-state index in [2.05, 4.69) is 165 Å². The molecule has 0 radical (unpaired) electrons. The van der Waals surface area contributed by atoms with Crippen molar-refractivity contribution in [3.8, 4) is 24.7 Å². The lowest BCUT2D eigenvalue weighted by Crippen LogP contribution is -2.61. The van der Waals surface area contributed by atoms with Crippen molar-refractivity contribution in [3.05, 3.63) is 144 Å². The Morgan fingerprint density at radius 2 is 0.739 bits per heavy atom. The first kappa shape index (κ1) is 130. The number of terminal acetylenes is 2. The zero-order valence-corrected chi connectivity index (χ0v) is 91.3. The summed E-state index contributed by atoms with van der Waals surface area (Å²) in [6, 6.07) is 13.0. The SMILES string of the molecule is C#CCO.C#CCOC1OC(COC(C)=O)C(OC(C)=O)C(C)C1C.C=C(C)C[Si](CCCN=[N+]=[N-])(CC(=C)C)CC(=C)C.C=C(C)C[Si](CCCn1cc(COC2OC(CC)C(OC(C)=O)C(OC(C)=O)C2OC(C)=O)nn1)(CC(=C)C)CC(=C)C.C=C(C)C[Si](CCCn1cc(COC2OC(CO)C(O)C(O)C2O)nn1)(CC(=C)C)CC(=C)C.CC(=O)OCC1OC(OC(C)=O)C(C)C(C)C1OC(C)=O. The number of aliphatic hydroxyl groups is 5. The Bertz CT molecular complexity index is 4450. The van der Waals surface area contributed by atoms with Crippen molar-refractivity contribution in [1.29, 1.82) is 0 Å². The smallest absolute Gasteiger partial charge is 0.304 e. The summed E-state index contributed by atoms with van der Waals surface area (Å²) < 4.78 is 85.4. The molecule has 4 saturated heterocycles. The molecule has 37 nitrogen and oxygen atoms in total. The van der Waals surface area contributed by atoms with Gasteiger partial charge in [-0.25, -0.2) is 0 Å². The van der Waals surface area contributed by atoms with E-state index in [0.717, 1.165) is 91.8 Å². The van der Waals surface area contributed by atoms with Crippen molar-refractivity contribution in [2.45, 2.75) is 375 Å². The van der Waals surface area contributed by atoms with Crippen molar-refractivity contribution in [1.82, 2.24) is 30.0 Å². The second-order valence-electron chi connectivity index (χ2n) is 38.7. The molecule has 0 amide bonds. The maximum Gasteiger partial charge on any atom is 0.304 e. The molecular weight excluding hydrogens is 1880 g/mol. The lowest BCUT2D eigenvalue weighted by molar-refractivity contribution is -0.307. The van der Waals surface area contributed by atoms with Crippen LogP contribution in [0.25, 0.3) is 10.4 Å². The predicted molar refractivity (Wildman–Crippen MR) is 546 cm³/mol. The molecule has 2 aromatic rings. The second-order valence-corrected chi connectivity index (χ2v) is 52.4. The Labute approximate surface area is 844 Å². The number of carbonyl (C=O) groups is 8. The molecule has 20 unspecified atom stereocenters. The van der Waals surface area contributed by atoms with E-state index in [0.29, 0.717) is 37.4 Å². The first-order chi connectivity index (χ1) is 66.4. The fourth-order valence-corrected chi connectivity index (χ4v) is 35.3. The van der Waals surface area contributed by atoms with E-state index >= 15 is 0 Å². The number of aryl methyl sites for hydroxylation is 2. The van der Waals surface area contributed by atoms with Crippen LogP contribution in [0, 0.1) is 48.4 Å². The average Bonchev–Trinajstić information content (AvgIpc) is 0.901. The van der Waals surface area contributed by atoms with E-state index < -0.39 is 177 Å². The van der Waals surface area contributed by atoms with Crippen LogP contribution in [0.2, 0.25) is 72.5 Å². The largest absolute Gasteiger partial charge is 0.463 e. The van der Waals surface area contributed by atoms with Gasteiger partial charge in [-0.05, 0) is 142 Å². The first-order valence-electron chi connectivity index (χ1n) is 47.9. The van der Waals surface area contributed by atoms with Gasteiger partial charge in [-0.3, -0.25) is 47.7 Å². The number of hydrogen-bond acceptors (Lipinski definition) is 33. The minimum absolute atomic E-state index is 0.000252. The monoisotopic (exact) mass is 2050 g/mol. The number of nitrogens with zero attached hydrogens (tertiary/aromatic N) is 9. The van der Waals surface area contributed by atoms with E-state index in [1.54, 1.807) is 15.6 Å². The van der Waals surface area contributed by atoms with Gasteiger partial charge in [-0.15, -0.1) is 82.3 Å². The third-order valence-corrected chi connectivity index (χ3v) is 39.6. The quantitative estimate of drug-likeness (QED) is 0.00473. The molecule has 0 bridgehead atoms. The maximum absolute atomic E-state index is 12.0. The first-order valence-corrected chi connectivity index (χ1v) is 56.4. The summed E-state index contributed by atoms with van der Waals surface area (Å²) >= 11 is 0. The van der Waals surface area contributed by atoms with Gasteiger partial charge in [0.25, 0.3) is 0 Å². The van der Waals surface area contributed by atoms with Crippen LogP contribution < -0.4 is 0 Å². The molecule has 40 heteroatoms. The van der Waals surface area contributed by atoms with E-state index in [4.69, 9.17) is 88.1 Å². The van der Waals surface area contributed by atoms with Crippen molar-refractivity contribution in [2.75, 3.05) is 39.6 Å². The fraction of sp³-hybridized carbons (Fsp3) is 0.667. The average molecular weight is 2050 g/mol. The highest BCUT2D eigenvalue weighted by Gasteiger charge is 2.53. The molecule has 4 aliphatic heterocycles. The van der Waals surface area contributed by atoms with Crippen LogP contribution in [0.4, 0.5) is 0 Å². The molecule has 0 aliphatic carbocycles. The number of hydrogen-bond donors (Lipinski definition) is 5. The summed E-state index contributed by atoms with van der Waals surface area (Å²) in [6.07, 6.45) is 1.39. The number of aliphatic hydroxyl groups excluding tert-OH is 5. The highest BCUT2D eigenvalue weighted by molar-refractivity contribution is 6.82. The molecule has 0 aromatic carbocycles. The highest BCUT2D eigenvalue weighted by atomic mass is 28.3. The lowest BCUT2D eigenvalue weighted by atomic mass is 9.84. The third-order valence-electron chi connectivity index (χ3n) is 23.1. The summed E-state index contributed by atoms with van der Waals surface area (Å²) in [7, 11) is -4.96. The Hall–Kier alpha value is -9.70. The molecule has 0 saturated carbocycles. The maximum atomic E-state index is 12.0. The van der Waals surface area contributed by atoms with Gasteiger partial charge in [0.1, 0.15) is 92.8 Å². The standard InChI is InChI=1S/C31H49N3O8Si.C24H41N3O6Si.C15H27N3Si.C15H22O6.C14H22O7.C3H4O/c1-11-27-28(39-23(8)35)29(40-24(9)36)30(41-25(10)37)31(42-27)38-16-26-15-34(33-32-26)13-12-14-43(17-20(2)3,18-21(4)5)19-22(6)7;1-16(2)13-34(14-17(3)4,15-18(5)6)9-7-8-27-10-19(25-26-27)12-32-24-23(31)22(30)21(29)20(11-28)33-24;1-13(2)10-19(11-14(3)4,12-15(5)6)9-7-8-17-18-16;1-6-7-18-15-10(3)9(2)14(20-12(5)17)13(21-15)8-19-11(4)16;1-7-8(2)14(20-11(5)17)21-12(6-18-9(3)15)13(7)19-10(4)16;1-2-3-4/h15,27-31H,2,4,6,11-14,16-19H2,1,3,5,7-10H3;10,20-24,28-31H,1,3,5,7-9,11-15H2,2,4,6H3;1,3,5,7-12H2,2,4,6H3;1,9-10,13-15H,7-8H2,2-5H3;7-8,12-14H,6H2,1-5H3;1,4H,3H2. The Morgan fingerprint density at radius 1 is 0.415 bits per heavy atom. The molecule has 4 fully saturated rings. The number of carbonyl (C=O) groups excluding carboxylic acids is 8. The highest BCUT2D eigenvalue weighted by Crippen LogP contribution is 2.41. The van der Waals surface area contributed by atoms with Crippen LogP contribution in [0.1, 0.15) is 189 Å². The number of aromatic nitrogens is 6. The number of esters is 8. The Balaban J connectivity index is 0.000000911. The van der Waals surface area contributed by atoms with E-state index in [9.17, 15) is 58.8 Å². The fourth-order valence-electron chi connectivity index (χ4n) is 18.4. The Morgan fingerprint density at radius 3 is 1.07 bits per heavy atom. The summed E-state index contributed by atoms with van der Waals surface area (Å²) in [6.45, 7) is 77.3. The predicted octanol–water partition coefficient (Wildman–Crippen LogP) is 15.1. The van der Waals surface area contributed by atoms with Crippen LogP contribution in [-0.2, 0) is 136 Å². The van der Waals surface area contributed by atoms with E-state index in [-0.39, 0.29) is 63.3 Å². The summed E-state index contributed by atoms with van der Waals surface area (Å²) in [4.78, 5) is 94.1. The van der Waals surface area contributed by atoms with E-state index in [1.807, 2.05) is 46.7 Å². The minimum Gasteiger partial charge on any atom is -0.463 e. The summed E-state index contributed by atoms with van der Waals surface area (Å²) in [5.74, 6) is 0.0177. The number of azide groups is 1. The molecule has 4 aliphatic rings. The summed E-state index contributed by atoms with van der Waals surface area (Å²) in [5, 5.41) is 67.2. The summed E-state index contributed by atoms with van der Waals surface area (Å²) in [5.41, 5.74) is 20.4. The van der Waals surface area contributed by atoms with Crippen LogP contribution >= 0.6 is 0 Å². The van der Waals surface area contributed by atoms with Gasteiger partial charge in [0, 0.05) is 104 Å². The number of allylic oxidation sites excluding steroid dienone is 9. The van der Waals surface area contributed by atoms with Gasteiger partial charge in [0.15, 0.2) is 37.2 Å². The zero-order chi connectivity index (χ0) is 108. The molecule has 5 N–H and O–H groups in total. The second kappa shape index (κ2) is 67.1. The zero-order valence-electron chi connectivity index (χ0n) is 88.3. The molecule has 2 aromatic heterocycles. The molecule has 798 valence electrons. The lowest BCUT2D eigenvalue weighted by Gasteiger charge is -2.44. The molecule has 0 spiro atoms. The van der Waals surface area contributed by atoms with Gasteiger partial charge in [0.2, 0.25) is 6.29 Å². The van der Waals surface area contributed by atoms with Crippen LogP contribution in [0.15, 0.2) is 127 Å². The Kier molecular flexibility index (Phi) is 61.6. The van der Waals surface area contributed by atoms with Crippen LogP contribution in [-0.4, -0.2) is 265 Å². The van der Waals surface area contributed by atoms with Gasteiger partial charge in [0.05, 0.1) is 56.4 Å². The van der Waals surface area contributed by atoms with Crippen LogP contribution in [0.3, 0.4) is 0 Å².